The van der Waals surface area contributed by atoms with Gasteiger partial charge in [0.25, 0.3) is 0 Å². The summed E-state index contributed by atoms with van der Waals surface area (Å²) in [5.41, 5.74) is 2.54. The minimum Gasteiger partial charge on any atom is -0.346 e. The first kappa shape index (κ1) is 10.5. The maximum absolute atomic E-state index is 5.97. The number of benzene rings is 1. The topological polar surface area (TPSA) is 8.17 Å². The molecule has 0 saturated heterocycles. The van der Waals surface area contributed by atoms with Crippen LogP contribution in [0.3, 0.4) is 0 Å². The smallest absolute Gasteiger partial charge is 0.0481 e. The molecule has 0 spiro atoms. The summed E-state index contributed by atoms with van der Waals surface area (Å²) in [4.78, 5) is 2.16. The minimum absolute atomic E-state index is 0.796. The number of hydrogen-bond acceptors (Lipinski definition) is 1. The first-order valence-corrected chi connectivity index (χ1v) is 5.34. The van der Waals surface area contributed by atoms with Gasteiger partial charge >= 0.3 is 0 Å². The Morgan fingerprint density at radius 2 is 2.00 bits per heavy atom. The minimum atomic E-state index is 0.796. The predicted molar refractivity (Wildman–Crippen MR) is 65.3 cm³/mol. The van der Waals surface area contributed by atoms with E-state index >= 15 is 0 Å². The third-order valence-electron chi connectivity index (χ3n) is 2.58. The normalized spacial score (nSPS) is 11.5. The molecular formula is C12H15ClN2. The molecule has 0 aliphatic heterocycles. The van der Waals surface area contributed by atoms with Gasteiger partial charge in [-0.25, -0.2) is 0 Å². The summed E-state index contributed by atoms with van der Waals surface area (Å²) in [7, 11) is 6.24. The fourth-order valence-electron chi connectivity index (χ4n) is 1.85. The summed E-state index contributed by atoms with van der Waals surface area (Å²) in [6.07, 6.45) is 0. The van der Waals surface area contributed by atoms with Crippen LogP contribution in [0.5, 0.6) is 0 Å². The second kappa shape index (κ2) is 3.87. The van der Waals surface area contributed by atoms with E-state index in [0.717, 1.165) is 11.6 Å². The molecule has 80 valence electrons. The van der Waals surface area contributed by atoms with Crippen molar-refractivity contribution in [1.82, 2.24) is 9.47 Å². The lowest BCUT2D eigenvalue weighted by atomic mass is 10.2. The highest BCUT2D eigenvalue weighted by molar-refractivity contribution is 6.31. The standard InChI is InChI=1S/C12H15ClN2/c1-14(2)8-11-7-9-6-10(13)4-5-12(9)15(11)3/h4-7H,8H2,1-3H3. The number of aryl methyl sites for hydroxylation is 1. The van der Waals surface area contributed by atoms with Gasteiger partial charge in [-0.15, -0.1) is 0 Å². The summed E-state index contributed by atoms with van der Waals surface area (Å²) in [6.45, 7) is 0.947. The van der Waals surface area contributed by atoms with Gasteiger partial charge in [0, 0.05) is 35.2 Å². The first-order valence-electron chi connectivity index (χ1n) is 4.96. The van der Waals surface area contributed by atoms with Gasteiger partial charge in [0.2, 0.25) is 0 Å². The van der Waals surface area contributed by atoms with E-state index in [1.165, 1.54) is 16.6 Å². The molecule has 0 fully saturated rings. The number of aromatic nitrogens is 1. The first-order chi connectivity index (χ1) is 7.08. The lowest BCUT2D eigenvalue weighted by Crippen LogP contribution is -2.13. The molecular weight excluding hydrogens is 208 g/mol. The van der Waals surface area contributed by atoms with Crippen molar-refractivity contribution in [3.8, 4) is 0 Å². The van der Waals surface area contributed by atoms with Crippen molar-refractivity contribution >= 4 is 22.5 Å². The average molecular weight is 223 g/mol. The van der Waals surface area contributed by atoms with Crippen LogP contribution in [-0.4, -0.2) is 23.6 Å². The zero-order valence-corrected chi connectivity index (χ0v) is 10.0. The van der Waals surface area contributed by atoms with Crippen LogP contribution in [0.25, 0.3) is 10.9 Å². The summed E-state index contributed by atoms with van der Waals surface area (Å²) < 4.78 is 2.21. The van der Waals surface area contributed by atoms with Gasteiger partial charge < -0.3 is 9.47 Å². The van der Waals surface area contributed by atoms with Crippen molar-refractivity contribution in [1.29, 1.82) is 0 Å². The zero-order valence-electron chi connectivity index (χ0n) is 9.29. The average Bonchev–Trinajstić information content (AvgIpc) is 2.42. The third kappa shape index (κ3) is 2.01. The molecule has 15 heavy (non-hydrogen) atoms. The highest BCUT2D eigenvalue weighted by Gasteiger charge is 2.06. The Bertz CT molecular complexity index is 486. The largest absolute Gasteiger partial charge is 0.346 e. The number of fused-ring (bicyclic) bond motifs is 1. The van der Waals surface area contributed by atoms with Gasteiger partial charge in [-0.3, -0.25) is 0 Å². The summed E-state index contributed by atoms with van der Waals surface area (Å²) in [6, 6.07) is 8.21. The second-order valence-electron chi connectivity index (χ2n) is 4.14. The van der Waals surface area contributed by atoms with Crippen LogP contribution in [0.1, 0.15) is 5.69 Å². The summed E-state index contributed by atoms with van der Waals surface area (Å²) in [5, 5.41) is 2.01. The van der Waals surface area contributed by atoms with Crippen molar-refractivity contribution < 1.29 is 0 Å². The molecule has 1 heterocycles. The second-order valence-corrected chi connectivity index (χ2v) is 4.57. The number of rotatable bonds is 2. The Morgan fingerprint density at radius 1 is 1.27 bits per heavy atom. The molecule has 2 nitrogen and oxygen atoms in total. The molecule has 0 N–H and O–H groups in total. The van der Waals surface area contributed by atoms with Crippen LogP contribution in [0.15, 0.2) is 24.3 Å². The predicted octanol–water partition coefficient (Wildman–Crippen LogP) is 2.89. The molecule has 0 bridgehead atoms. The van der Waals surface area contributed by atoms with E-state index in [2.05, 4.69) is 42.7 Å². The van der Waals surface area contributed by atoms with Gasteiger partial charge in [0.15, 0.2) is 0 Å². The molecule has 0 aliphatic rings. The molecule has 0 radical (unpaired) electrons. The molecule has 1 aromatic carbocycles. The van der Waals surface area contributed by atoms with Crippen molar-refractivity contribution in [2.24, 2.45) is 7.05 Å². The third-order valence-corrected chi connectivity index (χ3v) is 2.82. The fraction of sp³-hybridized carbons (Fsp3) is 0.333. The Labute approximate surface area is 95.1 Å². The molecule has 0 aliphatic carbocycles. The monoisotopic (exact) mass is 222 g/mol. The Morgan fingerprint density at radius 3 is 2.67 bits per heavy atom. The van der Waals surface area contributed by atoms with Crippen molar-refractivity contribution in [3.63, 3.8) is 0 Å². The summed E-state index contributed by atoms with van der Waals surface area (Å²) >= 11 is 5.97. The number of nitrogens with zero attached hydrogens (tertiary/aromatic N) is 2. The van der Waals surface area contributed by atoms with E-state index in [-0.39, 0.29) is 0 Å². The van der Waals surface area contributed by atoms with Crippen LogP contribution in [0.4, 0.5) is 0 Å². The van der Waals surface area contributed by atoms with Crippen molar-refractivity contribution in [2.45, 2.75) is 6.54 Å². The van der Waals surface area contributed by atoms with Crippen LogP contribution in [0.2, 0.25) is 5.02 Å². The zero-order chi connectivity index (χ0) is 11.0. The lowest BCUT2D eigenvalue weighted by molar-refractivity contribution is 0.392. The number of halogens is 1. The van der Waals surface area contributed by atoms with Gasteiger partial charge in [-0.05, 0) is 38.4 Å². The van der Waals surface area contributed by atoms with Crippen LogP contribution in [-0.2, 0) is 13.6 Å². The van der Waals surface area contributed by atoms with Crippen molar-refractivity contribution in [3.05, 3.63) is 35.0 Å². The molecule has 0 unspecified atom stereocenters. The molecule has 0 saturated carbocycles. The summed E-state index contributed by atoms with van der Waals surface area (Å²) in [5.74, 6) is 0. The van der Waals surface area contributed by atoms with E-state index in [9.17, 15) is 0 Å². The SMILES string of the molecule is CN(C)Cc1cc2cc(Cl)ccc2n1C. The van der Waals surface area contributed by atoms with Gasteiger partial charge in [-0.2, -0.15) is 0 Å². The van der Waals surface area contributed by atoms with Gasteiger partial charge in [0.05, 0.1) is 0 Å². The van der Waals surface area contributed by atoms with Gasteiger partial charge in [0.1, 0.15) is 0 Å². The molecule has 3 heteroatoms. The Hall–Kier alpha value is -0.990. The highest BCUT2D eigenvalue weighted by Crippen LogP contribution is 2.22. The molecule has 1 aromatic heterocycles. The van der Waals surface area contributed by atoms with Crippen LogP contribution >= 0.6 is 11.6 Å². The molecule has 0 amide bonds. The van der Waals surface area contributed by atoms with Gasteiger partial charge in [-0.1, -0.05) is 11.6 Å². The highest BCUT2D eigenvalue weighted by atomic mass is 35.5. The molecule has 2 rings (SSSR count). The van der Waals surface area contributed by atoms with E-state index in [1.807, 2.05) is 12.1 Å². The number of hydrogen-bond donors (Lipinski definition) is 0. The van der Waals surface area contributed by atoms with E-state index in [4.69, 9.17) is 11.6 Å². The quantitative estimate of drug-likeness (QED) is 0.759. The fourth-order valence-corrected chi connectivity index (χ4v) is 2.03. The molecule has 0 atom stereocenters. The van der Waals surface area contributed by atoms with Crippen molar-refractivity contribution in [2.75, 3.05) is 14.1 Å². The van der Waals surface area contributed by atoms with E-state index in [1.54, 1.807) is 0 Å². The Balaban J connectivity index is 2.54. The van der Waals surface area contributed by atoms with Crippen LogP contribution in [0, 0.1) is 0 Å². The van der Waals surface area contributed by atoms with Crippen LogP contribution < -0.4 is 0 Å². The molecule has 2 aromatic rings. The lowest BCUT2D eigenvalue weighted by Gasteiger charge is -2.10. The van der Waals surface area contributed by atoms with E-state index in [0.29, 0.717) is 0 Å². The maximum Gasteiger partial charge on any atom is 0.0481 e. The Kier molecular flexibility index (Phi) is 2.72. The maximum atomic E-state index is 5.97. The van der Waals surface area contributed by atoms with E-state index < -0.39 is 0 Å².